The van der Waals surface area contributed by atoms with Crippen molar-refractivity contribution in [1.29, 1.82) is 0 Å². The van der Waals surface area contributed by atoms with Crippen molar-refractivity contribution < 1.29 is 19.1 Å². The van der Waals surface area contributed by atoms with E-state index >= 15 is 0 Å². The van der Waals surface area contributed by atoms with E-state index in [0.29, 0.717) is 34.3 Å². The highest BCUT2D eigenvalue weighted by Gasteiger charge is 2.23. The molecule has 1 aliphatic carbocycles. The summed E-state index contributed by atoms with van der Waals surface area (Å²) in [6.45, 7) is 2.35. The number of methoxy groups -OCH3 is 1. The minimum absolute atomic E-state index is 0.292. The van der Waals surface area contributed by atoms with E-state index in [1.807, 2.05) is 0 Å². The number of benzene rings is 1. The molecule has 1 aliphatic rings. The van der Waals surface area contributed by atoms with Crippen molar-refractivity contribution >= 4 is 35.1 Å². The first kappa shape index (κ1) is 18.0. The molecule has 0 aromatic heterocycles. The van der Waals surface area contributed by atoms with Gasteiger partial charge in [-0.25, -0.2) is 4.79 Å². The molecular formula is C17H19ClN2O4. The zero-order chi connectivity index (χ0) is 17.7. The van der Waals surface area contributed by atoms with E-state index in [0.717, 1.165) is 25.0 Å². The van der Waals surface area contributed by atoms with Crippen molar-refractivity contribution in [1.82, 2.24) is 5.32 Å². The van der Waals surface area contributed by atoms with Crippen molar-refractivity contribution in [3.63, 3.8) is 0 Å². The Morgan fingerprint density at radius 1 is 1.29 bits per heavy atom. The van der Waals surface area contributed by atoms with Crippen molar-refractivity contribution in [3.05, 3.63) is 40.4 Å². The highest BCUT2D eigenvalue weighted by atomic mass is 35.5. The molecule has 128 valence electrons. The molecule has 0 atom stereocenters. The molecule has 0 spiro atoms. The fraction of sp³-hybridized carbons (Fsp3) is 0.353. The maximum Gasteiger partial charge on any atom is 0.330 e. The molecular weight excluding hydrogens is 332 g/mol. The Hall–Kier alpha value is -2.34. The molecule has 0 radical (unpaired) electrons. The van der Waals surface area contributed by atoms with Crippen LogP contribution in [0.2, 0.25) is 5.02 Å². The maximum absolute atomic E-state index is 12.4. The second kappa shape index (κ2) is 7.97. The molecule has 2 N–H and O–H groups in total. The number of carbonyl (C=O) groups is 3. The van der Waals surface area contributed by atoms with Crippen LogP contribution in [0.4, 0.5) is 5.69 Å². The van der Waals surface area contributed by atoms with Crippen LogP contribution in [0.1, 0.15) is 28.8 Å². The summed E-state index contributed by atoms with van der Waals surface area (Å²) in [4.78, 5) is 35.4. The van der Waals surface area contributed by atoms with E-state index in [2.05, 4.69) is 15.4 Å². The van der Waals surface area contributed by atoms with Crippen molar-refractivity contribution in [2.24, 2.45) is 5.92 Å². The lowest BCUT2D eigenvalue weighted by Gasteiger charge is -2.14. The Bertz CT molecular complexity index is 696. The lowest BCUT2D eigenvalue weighted by Crippen LogP contribution is -2.27. The Balaban J connectivity index is 2.17. The van der Waals surface area contributed by atoms with Gasteiger partial charge in [0.05, 0.1) is 18.4 Å². The lowest BCUT2D eigenvalue weighted by molar-refractivity contribution is -0.135. The minimum atomic E-state index is -0.639. The fourth-order valence-electron chi connectivity index (χ4n) is 2.12. The van der Waals surface area contributed by atoms with Gasteiger partial charge in [-0.05, 0) is 43.4 Å². The van der Waals surface area contributed by atoms with E-state index in [4.69, 9.17) is 11.6 Å². The number of amides is 2. The Labute approximate surface area is 145 Å². The third-order valence-corrected chi connectivity index (χ3v) is 3.83. The zero-order valence-electron chi connectivity index (χ0n) is 13.5. The topological polar surface area (TPSA) is 84.5 Å². The van der Waals surface area contributed by atoms with E-state index in [9.17, 15) is 14.4 Å². The molecule has 0 saturated heterocycles. The van der Waals surface area contributed by atoms with Gasteiger partial charge in [0.2, 0.25) is 5.91 Å². The van der Waals surface area contributed by atoms with Gasteiger partial charge < -0.3 is 15.4 Å². The van der Waals surface area contributed by atoms with Gasteiger partial charge in [-0.15, -0.1) is 0 Å². The first-order chi connectivity index (χ1) is 11.4. The first-order valence-electron chi connectivity index (χ1n) is 7.56. The number of anilines is 1. The number of aryl methyl sites for hydroxylation is 1. The molecule has 6 nitrogen and oxygen atoms in total. The molecule has 2 amide bonds. The predicted molar refractivity (Wildman–Crippen MR) is 91.0 cm³/mol. The summed E-state index contributed by atoms with van der Waals surface area (Å²) in [5, 5.41) is 5.87. The Morgan fingerprint density at radius 2 is 2.00 bits per heavy atom. The van der Waals surface area contributed by atoms with E-state index < -0.39 is 11.9 Å². The van der Waals surface area contributed by atoms with Crippen LogP contribution in [0.3, 0.4) is 0 Å². The summed E-state index contributed by atoms with van der Waals surface area (Å²) < 4.78 is 4.43. The number of halogens is 1. The SMILES string of the molecule is COC(=O)C=CC(=O)Nc1c(C)cc(Cl)cc1C(=O)NCC1CC1. The zero-order valence-corrected chi connectivity index (χ0v) is 14.3. The van der Waals surface area contributed by atoms with Crippen LogP contribution in [0.5, 0.6) is 0 Å². The second-order valence-corrected chi connectivity index (χ2v) is 6.08. The minimum Gasteiger partial charge on any atom is -0.466 e. The maximum atomic E-state index is 12.4. The van der Waals surface area contributed by atoms with Crippen LogP contribution in [-0.4, -0.2) is 31.4 Å². The van der Waals surface area contributed by atoms with Crippen molar-refractivity contribution in [2.75, 3.05) is 19.0 Å². The summed E-state index contributed by atoms with van der Waals surface area (Å²) in [5.74, 6) is -0.933. The highest BCUT2D eigenvalue weighted by Crippen LogP contribution is 2.29. The van der Waals surface area contributed by atoms with Gasteiger partial charge in [0.25, 0.3) is 5.91 Å². The number of hydrogen-bond donors (Lipinski definition) is 2. The number of nitrogens with one attached hydrogen (secondary N) is 2. The molecule has 24 heavy (non-hydrogen) atoms. The van der Waals surface area contributed by atoms with Crippen LogP contribution in [0, 0.1) is 12.8 Å². The van der Waals surface area contributed by atoms with Crippen LogP contribution in [-0.2, 0) is 14.3 Å². The molecule has 2 rings (SSSR count). The molecule has 0 aliphatic heterocycles. The van der Waals surface area contributed by atoms with Crippen LogP contribution < -0.4 is 10.6 Å². The molecule has 1 aromatic rings. The molecule has 0 bridgehead atoms. The quantitative estimate of drug-likeness (QED) is 0.609. The predicted octanol–water partition coefficient (Wildman–Crippen LogP) is 2.46. The molecule has 1 fully saturated rings. The summed E-state index contributed by atoms with van der Waals surface area (Å²) >= 11 is 6.03. The standard InChI is InChI=1S/C17H19ClN2O4/c1-10-7-12(18)8-13(17(23)19-9-11-3-4-11)16(10)20-14(21)5-6-15(22)24-2/h5-8,11H,3-4,9H2,1-2H3,(H,19,23)(H,20,21). The number of hydrogen-bond acceptors (Lipinski definition) is 4. The van der Waals surface area contributed by atoms with Crippen molar-refractivity contribution in [3.8, 4) is 0 Å². The Morgan fingerprint density at radius 3 is 2.62 bits per heavy atom. The molecule has 1 aromatic carbocycles. The average Bonchev–Trinajstić information content (AvgIpc) is 3.36. The second-order valence-electron chi connectivity index (χ2n) is 5.64. The largest absolute Gasteiger partial charge is 0.466 e. The fourth-order valence-corrected chi connectivity index (χ4v) is 2.39. The van der Waals surface area contributed by atoms with Crippen LogP contribution in [0.25, 0.3) is 0 Å². The van der Waals surface area contributed by atoms with E-state index in [1.54, 1.807) is 13.0 Å². The summed E-state index contributed by atoms with van der Waals surface area (Å²) in [6, 6.07) is 3.16. The van der Waals surface area contributed by atoms with Gasteiger partial charge in [0.15, 0.2) is 0 Å². The van der Waals surface area contributed by atoms with Crippen LogP contribution in [0.15, 0.2) is 24.3 Å². The van der Waals surface area contributed by atoms with Gasteiger partial charge in [0, 0.05) is 23.7 Å². The molecule has 1 saturated carbocycles. The normalized spacial score (nSPS) is 13.6. The number of ether oxygens (including phenoxy) is 1. The smallest absolute Gasteiger partial charge is 0.330 e. The van der Waals surface area contributed by atoms with Gasteiger partial charge in [-0.3, -0.25) is 9.59 Å². The van der Waals surface area contributed by atoms with Gasteiger partial charge in [-0.2, -0.15) is 0 Å². The number of carbonyl (C=O) groups excluding carboxylic acids is 3. The monoisotopic (exact) mass is 350 g/mol. The highest BCUT2D eigenvalue weighted by molar-refractivity contribution is 6.31. The first-order valence-corrected chi connectivity index (χ1v) is 7.94. The van der Waals surface area contributed by atoms with Gasteiger partial charge in [-0.1, -0.05) is 11.6 Å². The number of esters is 1. The molecule has 7 heteroatoms. The average molecular weight is 351 g/mol. The number of rotatable bonds is 6. The molecule has 0 unspecified atom stereocenters. The Kier molecular flexibility index (Phi) is 5.98. The lowest BCUT2D eigenvalue weighted by atomic mass is 10.1. The summed E-state index contributed by atoms with van der Waals surface area (Å²) in [5.41, 5.74) is 1.31. The van der Waals surface area contributed by atoms with E-state index in [1.165, 1.54) is 13.2 Å². The third-order valence-electron chi connectivity index (χ3n) is 3.61. The van der Waals surface area contributed by atoms with Crippen LogP contribution >= 0.6 is 11.6 Å². The third kappa shape index (κ3) is 5.09. The van der Waals surface area contributed by atoms with E-state index in [-0.39, 0.29) is 5.91 Å². The van der Waals surface area contributed by atoms with Crippen molar-refractivity contribution in [2.45, 2.75) is 19.8 Å². The van der Waals surface area contributed by atoms with Gasteiger partial charge in [0.1, 0.15) is 0 Å². The summed E-state index contributed by atoms with van der Waals surface area (Å²) in [6.07, 6.45) is 4.30. The van der Waals surface area contributed by atoms with Gasteiger partial charge >= 0.3 is 5.97 Å². The summed E-state index contributed by atoms with van der Waals surface area (Å²) in [7, 11) is 1.22. The molecule has 0 heterocycles.